The summed E-state index contributed by atoms with van der Waals surface area (Å²) in [6.45, 7) is 3.01. The van der Waals surface area contributed by atoms with Crippen LogP contribution in [0.15, 0.2) is 59.0 Å². The number of carbonyl (C=O) groups excluding carboxylic acids is 2. The van der Waals surface area contributed by atoms with Gasteiger partial charge in [0.25, 0.3) is 5.91 Å². The van der Waals surface area contributed by atoms with Crippen LogP contribution in [0.2, 0.25) is 0 Å². The number of anilines is 1. The Morgan fingerprint density at radius 2 is 1.88 bits per heavy atom. The third kappa shape index (κ3) is 3.84. The summed E-state index contributed by atoms with van der Waals surface area (Å²) in [7, 11) is 0. The van der Waals surface area contributed by atoms with Crippen LogP contribution in [-0.4, -0.2) is 23.1 Å². The number of rotatable bonds is 5. The van der Waals surface area contributed by atoms with E-state index in [1.54, 1.807) is 54.0 Å². The molecule has 0 aliphatic heterocycles. The van der Waals surface area contributed by atoms with Gasteiger partial charge < -0.3 is 19.0 Å². The fourth-order valence-corrected chi connectivity index (χ4v) is 3.59. The number of carbonyl (C=O) groups is 2. The highest BCUT2D eigenvalue weighted by Crippen LogP contribution is 2.30. The van der Waals surface area contributed by atoms with Crippen molar-refractivity contribution in [3.05, 3.63) is 83.1 Å². The number of hydrogen-bond acceptors (Lipinski definition) is 5. The first kappa shape index (κ1) is 20.9. The first-order valence-corrected chi connectivity index (χ1v) is 9.72. The maximum Gasteiger partial charge on any atom is 0.340 e. The lowest BCUT2D eigenvalue weighted by Gasteiger charge is -2.10. The number of benzene rings is 2. The summed E-state index contributed by atoms with van der Waals surface area (Å²) in [4.78, 5) is 25.0. The molecule has 8 heteroatoms. The Balaban J connectivity index is 1.48. The number of hydrogen-bond donors (Lipinski definition) is 1. The van der Waals surface area contributed by atoms with Crippen molar-refractivity contribution >= 4 is 28.5 Å². The third-order valence-electron chi connectivity index (χ3n) is 5.03. The van der Waals surface area contributed by atoms with Gasteiger partial charge in [0.2, 0.25) is 5.76 Å². The molecule has 0 fully saturated rings. The van der Waals surface area contributed by atoms with E-state index in [1.807, 2.05) is 13.0 Å². The van der Waals surface area contributed by atoms with E-state index in [1.165, 1.54) is 12.1 Å². The van der Waals surface area contributed by atoms with Crippen LogP contribution < -0.4 is 5.32 Å². The molecule has 2 aromatic heterocycles. The van der Waals surface area contributed by atoms with Gasteiger partial charge in [-0.2, -0.15) is 5.26 Å². The van der Waals surface area contributed by atoms with Crippen molar-refractivity contribution in [1.29, 1.82) is 5.26 Å². The van der Waals surface area contributed by atoms with E-state index in [0.717, 1.165) is 5.69 Å². The van der Waals surface area contributed by atoms with Crippen LogP contribution in [-0.2, 0) is 9.53 Å². The van der Waals surface area contributed by atoms with E-state index in [9.17, 15) is 19.2 Å². The molecule has 0 saturated heterocycles. The second-order valence-electron chi connectivity index (χ2n) is 7.14. The van der Waals surface area contributed by atoms with Crippen LogP contribution in [0.4, 0.5) is 10.1 Å². The molecule has 0 bridgehead atoms. The zero-order valence-corrected chi connectivity index (χ0v) is 17.3. The molecule has 1 N–H and O–H groups in total. The summed E-state index contributed by atoms with van der Waals surface area (Å²) in [6.07, 6.45) is 0. The van der Waals surface area contributed by atoms with Crippen LogP contribution in [0, 0.1) is 31.0 Å². The molecule has 0 saturated carbocycles. The molecular formula is C24H18FN3O4. The number of aromatic nitrogens is 1. The summed E-state index contributed by atoms with van der Waals surface area (Å²) < 4.78 is 25.6. The zero-order valence-electron chi connectivity index (χ0n) is 17.3. The van der Waals surface area contributed by atoms with Gasteiger partial charge in [0.15, 0.2) is 6.61 Å². The number of amides is 1. The van der Waals surface area contributed by atoms with Crippen molar-refractivity contribution in [2.24, 2.45) is 0 Å². The van der Waals surface area contributed by atoms with Crippen LogP contribution >= 0.6 is 0 Å². The van der Waals surface area contributed by atoms with Crippen molar-refractivity contribution in [3.8, 4) is 11.8 Å². The van der Waals surface area contributed by atoms with Gasteiger partial charge in [0.05, 0.1) is 5.56 Å². The van der Waals surface area contributed by atoms with Gasteiger partial charge >= 0.3 is 5.97 Å². The van der Waals surface area contributed by atoms with E-state index in [4.69, 9.17) is 9.15 Å². The maximum atomic E-state index is 13.2. The Hall–Kier alpha value is -4.38. The number of nitriles is 1. The summed E-state index contributed by atoms with van der Waals surface area (Å²) >= 11 is 0. The fraction of sp³-hybridized carbons (Fsp3) is 0.125. The molecule has 4 aromatic rings. The third-order valence-corrected chi connectivity index (χ3v) is 5.03. The highest BCUT2D eigenvalue weighted by molar-refractivity contribution is 6.04. The molecule has 1 amide bonds. The minimum atomic E-state index is -0.667. The van der Waals surface area contributed by atoms with E-state index in [0.29, 0.717) is 27.9 Å². The lowest BCUT2D eigenvalue weighted by molar-refractivity contribution is -0.119. The number of halogens is 1. The molecule has 32 heavy (non-hydrogen) atoms. The first-order chi connectivity index (χ1) is 15.4. The number of furan rings is 1. The Labute approximate surface area is 182 Å². The van der Waals surface area contributed by atoms with Gasteiger partial charge in [-0.15, -0.1) is 0 Å². The summed E-state index contributed by atoms with van der Waals surface area (Å²) in [6, 6.07) is 16.4. The number of nitrogens with one attached hydrogen (secondary N) is 1. The van der Waals surface area contributed by atoms with Gasteiger partial charge in [0, 0.05) is 22.5 Å². The average molecular weight is 431 g/mol. The molecule has 0 aliphatic carbocycles. The molecule has 2 heterocycles. The highest BCUT2D eigenvalue weighted by Gasteiger charge is 2.20. The van der Waals surface area contributed by atoms with Crippen molar-refractivity contribution in [2.45, 2.75) is 13.8 Å². The highest BCUT2D eigenvalue weighted by atomic mass is 19.1. The Morgan fingerprint density at radius 3 is 2.59 bits per heavy atom. The minimum Gasteiger partial charge on any atom is -0.452 e. The number of para-hydroxylation sites is 1. The van der Waals surface area contributed by atoms with E-state index in [-0.39, 0.29) is 17.3 Å². The van der Waals surface area contributed by atoms with Crippen LogP contribution in [0.3, 0.4) is 0 Å². The summed E-state index contributed by atoms with van der Waals surface area (Å²) in [5, 5.41) is 12.4. The van der Waals surface area contributed by atoms with Crippen LogP contribution in [0.5, 0.6) is 0 Å². The first-order valence-electron chi connectivity index (χ1n) is 9.72. The van der Waals surface area contributed by atoms with E-state index in [2.05, 4.69) is 5.32 Å². The average Bonchev–Trinajstić information content (AvgIpc) is 3.29. The predicted molar refractivity (Wildman–Crippen MR) is 115 cm³/mol. The molecule has 0 aliphatic rings. The molecule has 0 unspecified atom stereocenters. The number of ether oxygens (including phenoxy) is 1. The maximum absolute atomic E-state index is 13.2. The predicted octanol–water partition coefficient (Wildman–Crippen LogP) is 4.65. The lowest BCUT2D eigenvalue weighted by Crippen LogP contribution is -2.21. The molecule has 4 rings (SSSR count). The largest absolute Gasteiger partial charge is 0.452 e. The monoisotopic (exact) mass is 431 g/mol. The number of esters is 1. The van der Waals surface area contributed by atoms with Crippen LogP contribution in [0.25, 0.3) is 16.7 Å². The van der Waals surface area contributed by atoms with Gasteiger partial charge in [0.1, 0.15) is 23.2 Å². The number of fused-ring (bicyclic) bond motifs is 1. The SMILES string of the molecule is Cc1cc(C(=O)OCC(=O)Nc2c(C#N)oc3ccccc23)c(C)n1-c1ccc(F)cc1. The van der Waals surface area contributed by atoms with Gasteiger partial charge in [-0.1, -0.05) is 12.1 Å². The Morgan fingerprint density at radius 1 is 1.16 bits per heavy atom. The normalized spacial score (nSPS) is 10.7. The molecule has 0 atom stereocenters. The van der Waals surface area contributed by atoms with Crippen molar-refractivity contribution in [1.82, 2.24) is 4.57 Å². The number of nitrogens with zero attached hydrogens (tertiary/aromatic N) is 2. The Kier molecular flexibility index (Phi) is 5.48. The molecule has 0 spiro atoms. The van der Waals surface area contributed by atoms with Crippen molar-refractivity contribution in [3.63, 3.8) is 0 Å². The molecule has 2 aromatic carbocycles. The van der Waals surface area contributed by atoms with Crippen molar-refractivity contribution < 1.29 is 23.1 Å². The molecule has 7 nitrogen and oxygen atoms in total. The Bertz CT molecular complexity index is 1380. The number of aryl methyl sites for hydroxylation is 1. The fourth-order valence-electron chi connectivity index (χ4n) is 3.59. The lowest BCUT2D eigenvalue weighted by atomic mass is 10.2. The van der Waals surface area contributed by atoms with Gasteiger partial charge in [-0.05, 0) is 56.3 Å². The second-order valence-corrected chi connectivity index (χ2v) is 7.14. The van der Waals surface area contributed by atoms with Crippen molar-refractivity contribution in [2.75, 3.05) is 11.9 Å². The smallest absolute Gasteiger partial charge is 0.340 e. The molecule has 160 valence electrons. The molecule has 0 radical (unpaired) electrons. The van der Waals surface area contributed by atoms with Gasteiger partial charge in [-0.25, -0.2) is 9.18 Å². The van der Waals surface area contributed by atoms with E-state index < -0.39 is 18.5 Å². The van der Waals surface area contributed by atoms with Gasteiger partial charge in [-0.3, -0.25) is 4.79 Å². The second kappa shape index (κ2) is 8.40. The van der Waals surface area contributed by atoms with E-state index >= 15 is 0 Å². The minimum absolute atomic E-state index is 0.0336. The standard InChI is InChI=1S/C24H18FN3O4/c1-14-11-19(15(2)28(14)17-9-7-16(25)8-10-17)24(30)31-13-22(29)27-23-18-5-3-4-6-20(18)32-21(23)12-26/h3-11H,13H2,1-2H3,(H,27,29). The van der Waals surface area contributed by atoms with Crippen LogP contribution in [0.1, 0.15) is 27.5 Å². The molecular weight excluding hydrogens is 413 g/mol. The summed E-state index contributed by atoms with van der Waals surface area (Å²) in [5.74, 6) is -1.66. The quantitative estimate of drug-likeness (QED) is 0.464. The zero-order chi connectivity index (χ0) is 22.8. The topological polar surface area (TPSA) is 97.3 Å². The summed E-state index contributed by atoms with van der Waals surface area (Å²) in [5.41, 5.74) is 3.06.